The number of rotatable bonds is 10. The average Bonchev–Trinajstić information content (AvgIpc) is 3.34. The molecule has 2 amide bonds. The van der Waals surface area contributed by atoms with Crippen LogP contribution < -0.4 is 5.73 Å². The largest absolute Gasteiger partial charge is 0.369 e. The molecule has 0 atom stereocenters. The molecule has 0 aromatic heterocycles. The lowest BCUT2D eigenvalue weighted by atomic mass is 9.87. The predicted molar refractivity (Wildman–Crippen MR) is 124 cm³/mol. The molecule has 0 radical (unpaired) electrons. The van der Waals surface area contributed by atoms with Crippen molar-refractivity contribution in [2.45, 2.75) is 83.6 Å². The molecular weight excluding hydrogens is 396 g/mol. The minimum atomic E-state index is -0.639. The number of hydrogen-bond acceptors (Lipinski definition) is 5. The van der Waals surface area contributed by atoms with Gasteiger partial charge in [-0.3, -0.25) is 14.5 Å². The summed E-state index contributed by atoms with van der Waals surface area (Å²) in [5, 5.41) is 0. The van der Waals surface area contributed by atoms with E-state index in [0.717, 1.165) is 76.6 Å². The van der Waals surface area contributed by atoms with Crippen molar-refractivity contribution in [1.29, 1.82) is 0 Å². The van der Waals surface area contributed by atoms with Crippen LogP contribution in [-0.4, -0.2) is 58.5 Å². The second kappa shape index (κ2) is 10.7. The lowest BCUT2D eigenvalue weighted by molar-refractivity contribution is -0.134. The van der Waals surface area contributed by atoms with Crippen molar-refractivity contribution in [2.75, 3.05) is 25.4 Å². The van der Waals surface area contributed by atoms with Crippen LogP contribution in [0.1, 0.15) is 78.1 Å². The van der Waals surface area contributed by atoms with Gasteiger partial charge in [0, 0.05) is 25.4 Å². The molecule has 2 N–H and O–H groups in total. The number of piperidine rings is 1. The topological polar surface area (TPSA) is 79.0 Å². The van der Waals surface area contributed by atoms with Crippen molar-refractivity contribution < 1.29 is 9.59 Å². The summed E-state index contributed by atoms with van der Waals surface area (Å²) in [6, 6.07) is 0. The normalized spacial score (nSPS) is 21.9. The monoisotopic (exact) mass is 434 g/mol. The number of likely N-dealkylation sites (tertiary alicyclic amines) is 1. The molecule has 1 saturated heterocycles. The minimum absolute atomic E-state index is 0.102. The summed E-state index contributed by atoms with van der Waals surface area (Å²) < 4.78 is 0. The van der Waals surface area contributed by atoms with Gasteiger partial charge in [0.15, 0.2) is 5.96 Å². The molecule has 3 aliphatic heterocycles. The van der Waals surface area contributed by atoms with Gasteiger partial charge in [-0.15, -0.1) is 11.8 Å². The van der Waals surface area contributed by atoms with E-state index in [4.69, 9.17) is 10.7 Å². The molecule has 0 aromatic carbocycles. The number of nitrogens with zero attached hydrogens (tertiary/aromatic N) is 3. The van der Waals surface area contributed by atoms with Crippen LogP contribution in [0.25, 0.3) is 0 Å². The van der Waals surface area contributed by atoms with E-state index < -0.39 is 5.54 Å². The number of guanidine groups is 1. The van der Waals surface area contributed by atoms with Gasteiger partial charge in [0.1, 0.15) is 5.54 Å². The van der Waals surface area contributed by atoms with Crippen molar-refractivity contribution in [2.24, 2.45) is 16.6 Å². The zero-order valence-corrected chi connectivity index (χ0v) is 19.5. The van der Waals surface area contributed by atoms with E-state index in [0.29, 0.717) is 24.8 Å². The highest BCUT2D eigenvalue weighted by molar-refractivity contribution is 8.03. The first-order chi connectivity index (χ1) is 14.5. The predicted octanol–water partition coefficient (Wildman–Crippen LogP) is 3.91. The van der Waals surface area contributed by atoms with Gasteiger partial charge in [-0.25, -0.2) is 4.99 Å². The Morgan fingerprint density at radius 2 is 1.90 bits per heavy atom. The summed E-state index contributed by atoms with van der Waals surface area (Å²) in [6.07, 6.45) is 11.4. The highest BCUT2D eigenvalue weighted by Gasteiger charge is 2.47. The molecule has 6 nitrogen and oxygen atoms in total. The number of amides is 2. The Morgan fingerprint density at radius 3 is 2.47 bits per heavy atom. The van der Waals surface area contributed by atoms with Gasteiger partial charge < -0.3 is 10.6 Å². The molecule has 1 fully saturated rings. The van der Waals surface area contributed by atoms with Gasteiger partial charge in [0.2, 0.25) is 5.91 Å². The molecule has 0 saturated carbocycles. The first-order valence-corrected chi connectivity index (χ1v) is 12.7. The first kappa shape index (κ1) is 23.2. The molecule has 0 spiro atoms. The molecule has 3 rings (SSSR count). The number of hydrogen-bond donors (Lipinski definition) is 1. The van der Waals surface area contributed by atoms with Crippen molar-refractivity contribution in [1.82, 2.24) is 9.80 Å². The standard InChI is InChI=1S/C23H38N4O2S/c1-3-5-11-23(12-6-4-2)21(29)27(22(24)25-23)17-18-9-13-26(14-10-18)20(28)16-19-8-7-15-30-19/h8,18H,3-7,9-17H2,1-2H3,(H2,24,25). The first-order valence-electron chi connectivity index (χ1n) is 11.8. The van der Waals surface area contributed by atoms with Crippen LogP contribution in [0.3, 0.4) is 0 Å². The van der Waals surface area contributed by atoms with Gasteiger partial charge in [-0.1, -0.05) is 45.6 Å². The highest BCUT2D eigenvalue weighted by Crippen LogP contribution is 2.34. The maximum Gasteiger partial charge on any atom is 0.257 e. The number of carbonyl (C=O) groups is 2. The van der Waals surface area contributed by atoms with Crippen LogP contribution in [0, 0.1) is 5.92 Å². The molecule has 7 heteroatoms. The Balaban J connectivity index is 1.53. The van der Waals surface area contributed by atoms with Gasteiger partial charge >= 0.3 is 0 Å². The lowest BCUT2D eigenvalue weighted by Gasteiger charge is -2.34. The van der Waals surface area contributed by atoms with E-state index >= 15 is 0 Å². The fourth-order valence-electron chi connectivity index (χ4n) is 4.72. The summed E-state index contributed by atoms with van der Waals surface area (Å²) in [6.45, 7) is 6.48. The van der Waals surface area contributed by atoms with Crippen LogP contribution in [0.2, 0.25) is 0 Å². The summed E-state index contributed by atoms with van der Waals surface area (Å²) in [5.74, 6) is 2.22. The molecule has 0 aliphatic carbocycles. The van der Waals surface area contributed by atoms with Crippen LogP contribution in [0.4, 0.5) is 0 Å². The Kier molecular flexibility index (Phi) is 8.26. The number of carbonyl (C=O) groups excluding carboxylic acids is 2. The second-order valence-electron chi connectivity index (χ2n) is 8.93. The number of allylic oxidation sites excluding steroid dienone is 1. The zero-order valence-electron chi connectivity index (χ0n) is 18.7. The second-order valence-corrected chi connectivity index (χ2v) is 10.2. The molecule has 3 aliphatic rings. The lowest BCUT2D eigenvalue weighted by Crippen LogP contribution is -2.48. The smallest absolute Gasteiger partial charge is 0.257 e. The highest BCUT2D eigenvalue weighted by atomic mass is 32.2. The van der Waals surface area contributed by atoms with Crippen molar-refractivity contribution >= 4 is 29.5 Å². The van der Waals surface area contributed by atoms with Crippen LogP contribution in [0.15, 0.2) is 16.0 Å². The minimum Gasteiger partial charge on any atom is -0.369 e. The molecule has 168 valence electrons. The molecule has 0 aromatic rings. The molecule has 3 heterocycles. The Morgan fingerprint density at radius 1 is 1.23 bits per heavy atom. The summed E-state index contributed by atoms with van der Waals surface area (Å²) in [5.41, 5.74) is 5.62. The van der Waals surface area contributed by atoms with Crippen molar-refractivity contribution in [3.63, 3.8) is 0 Å². The van der Waals surface area contributed by atoms with E-state index in [1.54, 1.807) is 4.90 Å². The summed E-state index contributed by atoms with van der Waals surface area (Å²) in [4.78, 5) is 35.6. The van der Waals surface area contributed by atoms with E-state index in [1.807, 2.05) is 16.7 Å². The van der Waals surface area contributed by atoms with E-state index in [2.05, 4.69) is 19.9 Å². The molecular formula is C23H38N4O2S. The van der Waals surface area contributed by atoms with Crippen molar-refractivity contribution in [3.05, 3.63) is 11.0 Å². The third-order valence-corrected chi connectivity index (χ3v) is 7.77. The summed E-state index contributed by atoms with van der Waals surface area (Å²) in [7, 11) is 0. The van der Waals surface area contributed by atoms with E-state index in [-0.39, 0.29) is 11.8 Å². The third kappa shape index (κ3) is 5.40. The Bertz CT molecular complexity index is 675. The van der Waals surface area contributed by atoms with Gasteiger partial charge in [0.05, 0.1) is 6.42 Å². The molecule has 0 bridgehead atoms. The number of unbranched alkanes of at least 4 members (excludes halogenated alkanes) is 2. The number of nitrogens with two attached hydrogens (primary N) is 1. The Labute approximate surface area is 185 Å². The molecule has 0 unspecified atom stereocenters. The van der Waals surface area contributed by atoms with Crippen LogP contribution >= 0.6 is 11.8 Å². The fraction of sp³-hybridized carbons (Fsp3) is 0.783. The Hall–Kier alpha value is -1.50. The van der Waals surface area contributed by atoms with Gasteiger partial charge in [-0.2, -0.15) is 0 Å². The zero-order chi connectivity index (χ0) is 21.6. The third-order valence-electron chi connectivity index (χ3n) is 6.65. The van der Waals surface area contributed by atoms with Gasteiger partial charge in [0.25, 0.3) is 5.91 Å². The van der Waals surface area contributed by atoms with Crippen LogP contribution in [0.5, 0.6) is 0 Å². The molecule has 30 heavy (non-hydrogen) atoms. The van der Waals surface area contributed by atoms with E-state index in [1.165, 1.54) is 4.91 Å². The number of aliphatic imine (C=N–C) groups is 1. The number of thioether (sulfide) groups is 1. The average molecular weight is 435 g/mol. The quantitative estimate of drug-likeness (QED) is 0.565. The maximum absolute atomic E-state index is 13.3. The van der Waals surface area contributed by atoms with E-state index in [9.17, 15) is 9.59 Å². The maximum atomic E-state index is 13.3. The SMILES string of the molecule is CCCCC1(CCCC)N=C(N)N(CC2CCN(C(=O)CC3=CCCS3)CC2)C1=O. The summed E-state index contributed by atoms with van der Waals surface area (Å²) >= 11 is 1.81. The van der Waals surface area contributed by atoms with Crippen LogP contribution in [-0.2, 0) is 9.59 Å². The van der Waals surface area contributed by atoms with Gasteiger partial charge in [-0.05, 0) is 42.9 Å². The van der Waals surface area contributed by atoms with Crippen molar-refractivity contribution in [3.8, 4) is 0 Å². The fourth-order valence-corrected chi connectivity index (χ4v) is 5.68.